The summed E-state index contributed by atoms with van der Waals surface area (Å²) < 4.78 is 5.20. The average Bonchev–Trinajstić information content (AvgIpc) is 2.63. The Labute approximate surface area is 142 Å². The molecule has 2 aliphatic heterocycles. The molecule has 0 spiro atoms. The number of benzene rings is 1. The second-order valence-corrected chi connectivity index (χ2v) is 7.23. The molecule has 2 amide bonds. The Hall–Kier alpha value is -1.56. The molecule has 2 saturated heterocycles. The van der Waals surface area contributed by atoms with Crippen LogP contribution in [0.25, 0.3) is 0 Å². The second-order valence-electron chi connectivity index (χ2n) is 6.01. The van der Waals surface area contributed by atoms with E-state index < -0.39 is 0 Å². The number of hydrogen-bond acceptors (Lipinski definition) is 4. The summed E-state index contributed by atoms with van der Waals surface area (Å²) in [5, 5.41) is 3.21. The van der Waals surface area contributed by atoms with E-state index in [-0.39, 0.29) is 6.03 Å². The van der Waals surface area contributed by atoms with E-state index in [9.17, 15) is 4.79 Å². The van der Waals surface area contributed by atoms with Crippen molar-refractivity contribution in [3.63, 3.8) is 0 Å². The van der Waals surface area contributed by atoms with Gasteiger partial charge in [-0.2, -0.15) is 11.8 Å². The first-order valence-electron chi connectivity index (χ1n) is 8.28. The molecular formula is C17H25N3O2S. The molecule has 0 aromatic heterocycles. The van der Waals surface area contributed by atoms with Gasteiger partial charge in [0.2, 0.25) is 0 Å². The van der Waals surface area contributed by atoms with Crippen LogP contribution in [0.3, 0.4) is 0 Å². The lowest BCUT2D eigenvalue weighted by molar-refractivity contribution is 0.196. The van der Waals surface area contributed by atoms with Gasteiger partial charge in [-0.25, -0.2) is 4.79 Å². The zero-order valence-electron chi connectivity index (χ0n) is 13.7. The van der Waals surface area contributed by atoms with Gasteiger partial charge in [-0.3, -0.25) is 0 Å². The fraction of sp³-hybridized carbons (Fsp3) is 0.588. The summed E-state index contributed by atoms with van der Waals surface area (Å²) in [5.74, 6) is 3.00. The van der Waals surface area contributed by atoms with Crippen molar-refractivity contribution in [3.8, 4) is 5.75 Å². The smallest absolute Gasteiger partial charge is 0.317 e. The van der Waals surface area contributed by atoms with E-state index >= 15 is 0 Å². The third-order valence-electron chi connectivity index (χ3n) is 4.56. The number of piperidine rings is 1. The average molecular weight is 335 g/mol. The predicted molar refractivity (Wildman–Crippen MR) is 95.7 cm³/mol. The minimum absolute atomic E-state index is 0.119. The van der Waals surface area contributed by atoms with Gasteiger partial charge in [0.15, 0.2) is 0 Å². The van der Waals surface area contributed by atoms with Crippen LogP contribution in [0, 0.1) is 0 Å². The third kappa shape index (κ3) is 4.25. The first-order valence-corrected chi connectivity index (χ1v) is 9.44. The molecule has 1 N–H and O–H groups in total. The Morgan fingerprint density at radius 2 is 1.78 bits per heavy atom. The van der Waals surface area contributed by atoms with E-state index in [1.165, 1.54) is 5.69 Å². The van der Waals surface area contributed by atoms with E-state index in [0.717, 1.165) is 56.3 Å². The van der Waals surface area contributed by atoms with Crippen LogP contribution in [-0.2, 0) is 0 Å². The van der Waals surface area contributed by atoms with Crippen LogP contribution >= 0.6 is 11.8 Å². The molecule has 1 aromatic carbocycles. The number of carbonyl (C=O) groups excluding carboxylic acids is 1. The minimum atomic E-state index is 0.119. The summed E-state index contributed by atoms with van der Waals surface area (Å²) in [4.78, 5) is 16.6. The van der Waals surface area contributed by atoms with Crippen molar-refractivity contribution in [2.75, 3.05) is 49.7 Å². The molecule has 2 aliphatic rings. The Balaban J connectivity index is 1.46. The molecule has 1 aromatic rings. The standard InChI is InChI=1S/C17H25N3O2S/c1-22-16-4-2-15(3-5-16)19-8-6-14(7-9-19)18-17(21)20-10-12-23-13-11-20/h2-5,14H,6-13H2,1H3,(H,18,21). The monoisotopic (exact) mass is 335 g/mol. The highest BCUT2D eigenvalue weighted by Gasteiger charge is 2.24. The Kier molecular flexibility index (Phi) is 5.54. The van der Waals surface area contributed by atoms with Gasteiger partial charge in [-0.05, 0) is 37.1 Å². The van der Waals surface area contributed by atoms with Crippen molar-refractivity contribution in [2.24, 2.45) is 0 Å². The molecule has 0 atom stereocenters. The van der Waals surface area contributed by atoms with Crippen molar-refractivity contribution in [1.82, 2.24) is 10.2 Å². The summed E-state index contributed by atoms with van der Waals surface area (Å²) in [7, 11) is 1.68. The molecule has 0 bridgehead atoms. The van der Waals surface area contributed by atoms with Crippen LogP contribution in [0.15, 0.2) is 24.3 Å². The van der Waals surface area contributed by atoms with E-state index in [0.29, 0.717) is 6.04 Å². The molecule has 0 radical (unpaired) electrons. The maximum Gasteiger partial charge on any atom is 0.317 e. The number of rotatable bonds is 3. The predicted octanol–water partition coefficient (Wildman–Crippen LogP) is 2.42. The molecule has 6 heteroatoms. The van der Waals surface area contributed by atoms with Gasteiger partial charge in [0.05, 0.1) is 7.11 Å². The van der Waals surface area contributed by atoms with E-state index in [4.69, 9.17) is 4.74 Å². The lowest BCUT2D eigenvalue weighted by atomic mass is 10.0. The molecule has 0 aliphatic carbocycles. The first kappa shape index (κ1) is 16.3. The van der Waals surface area contributed by atoms with E-state index in [1.807, 2.05) is 28.8 Å². The maximum atomic E-state index is 12.3. The number of anilines is 1. The lowest BCUT2D eigenvalue weighted by Crippen LogP contribution is -2.51. The van der Waals surface area contributed by atoms with Gasteiger partial charge in [-0.15, -0.1) is 0 Å². The molecular weight excluding hydrogens is 310 g/mol. The Bertz CT molecular complexity index is 509. The Morgan fingerprint density at radius 3 is 2.39 bits per heavy atom. The van der Waals surface area contributed by atoms with Crippen LogP contribution in [0.1, 0.15) is 12.8 Å². The zero-order chi connectivity index (χ0) is 16.1. The van der Waals surface area contributed by atoms with Crippen molar-refractivity contribution in [2.45, 2.75) is 18.9 Å². The number of urea groups is 1. The van der Waals surface area contributed by atoms with Crippen molar-refractivity contribution in [3.05, 3.63) is 24.3 Å². The van der Waals surface area contributed by atoms with Crippen LogP contribution in [0.2, 0.25) is 0 Å². The van der Waals surface area contributed by atoms with Crippen LogP contribution in [-0.4, -0.2) is 61.8 Å². The quantitative estimate of drug-likeness (QED) is 0.921. The van der Waals surface area contributed by atoms with Crippen LogP contribution in [0.4, 0.5) is 10.5 Å². The number of carbonyl (C=O) groups is 1. The fourth-order valence-corrected chi connectivity index (χ4v) is 4.01. The fourth-order valence-electron chi connectivity index (χ4n) is 3.11. The number of amides is 2. The van der Waals surface area contributed by atoms with Crippen LogP contribution in [0.5, 0.6) is 5.75 Å². The normalized spacial score (nSPS) is 19.5. The van der Waals surface area contributed by atoms with Gasteiger partial charge in [0.1, 0.15) is 5.75 Å². The zero-order valence-corrected chi connectivity index (χ0v) is 14.5. The highest BCUT2D eigenvalue weighted by molar-refractivity contribution is 7.99. The highest BCUT2D eigenvalue weighted by Crippen LogP contribution is 2.23. The molecule has 2 fully saturated rings. The lowest BCUT2D eigenvalue weighted by Gasteiger charge is -2.35. The number of ether oxygens (including phenoxy) is 1. The number of nitrogens with one attached hydrogen (secondary N) is 1. The van der Waals surface area contributed by atoms with Crippen molar-refractivity contribution in [1.29, 1.82) is 0 Å². The molecule has 2 heterocycles. The minimum Gasteiger partial charge on any atom is -0.497 e. The summed E-state index contributed by atoms with van der Waals surface area (Å²) in [6.45, 7) is 3.71. The third-order valence-corrected chi connectivity index (χ3v) is 5.50. The van der Waals surface area contributed by atoms with E-state index in [1.54, 1.807) is 7.11 Å². The summed E-state index contributed by atoms with van der Waals surface area (Å²) in [6.07, 6.45) is 2.00. The molecule has 0 unspecified atom stereocenters. The van der Waals surface area contributed by atoms with Gasteiger partial charge in [0.25, 0.3) is 0 Å². The van der Waals surface area contributed by atoms with Gasteiger partial charge in [-0.1, -0.05) is 0 Å². The summed E-state index contributed by atoms with van der Waals surface area (Å²) in [5.41, 5.74) is 1.23. The summed E-state index contributed by atoms with van der Waals surface area (Å²) >= 11 is 1.93. The first-order chi connectivity index (χ1) is 11.3. The number of methoxy groups -OCH3 is 1. The summed E-state index contributed by atoms with van der Waals surface area (Å²) in [6, 6.07) is 8.61. The molecule has 23 heavy (non-hydrogen) atoms. The number of thioether (sulfide) groups is 1. The Morgan fingerprint density at radius 1 is 1.13 bits per heavy atom. The van der Waals surface area contributed by atoms with Crippen LogP contribution < -0.4 is 15.0 Å². The van der Waals surface area contributed by atoms with Gasteiger partial charge >= 0.3 is 6.03 Å². The topological polar surface area (TPSA) is 44.8 Å². The van der Waals surface area contributed by atoms with Crippen molar-refractivity contribution < 1.29 is 9.53 Å². The van der Waals surface area contributed by atoms with E-state index in [2.05, 4.69) is 22.3 Å². The number of hydrogen-bond donors (Lipinski definition) is 1. The second kappa shape index (κ2) is 7.81. The molecule has 126 valence electrons. The SMILES string of the molecule is COc1ccc(N2CCC(NC(=O)N3CCSCC3)CC2)cc1. The molecule has 5 nitrogen and oxygen atoms in total. The number of nitrogens with zero attached hydrogens (tertiary/aromatic N) is 2. The highest BCUT2D eigenvalue weighted by atomic mass is 32.2. The largest absolute Gasteiger partial charge is 0.497 e. The molecule has 3 rings (SSSR count). The van der Waals surface area contributed by atoms with Crippen molar-refractivity contribution >= 4 is 23.5 Å². The maximum absolute atomic E-state index is 12.3. The van der Waals surface area contributed by atoms with Gasteiger partial charge in [0, 0.05) is 49.4 Å². The van der Waals surface area contributed by atoms with Gasteiger partial charge < -0.3 is 19.9 Å². The molecule has 0 saturated carbocycles.